The molecule has 2 heterocycles. The van der Waals surface area contributed by atoms with E-state index in [4.69, 9.17) is 19.9 Å². The van der Waals surface area contributed by atoms with Gasteiger partial charge < -0.3 is 19.9 Å². The lowest BCUT2D eigenvalue weighted by Crippen LogP contribution is -2.26. The molecule has 0 aliphatic carbocycles. The average molecular weight is 364 g/mol. The third kappa shape index (κ3) is 4.61. The fourth-order valence-electron chi connectivity index (χ4n) is 2.42. The minimum atomic E-state index is -3.29. The number of benzene rings is 1. The van der Waals surface area contributed by atoms with Gasteiger partial charge in [0.15, 0.2) is 9.84 Å². The van der Waals surface area contributed by atoms with E-state index in [0.29, 0.717) is 30.4 Å². The highest BCUT2D eigenvalue weighted by Gasteiger charge is 2.17. The van der Waals surface area contributed by atoms with Crippen LogP contribution in [0, 0.1) is 0 Å². The van der Waals surface area contributed by atoms with E-state index in [1.54, 1.807) is 18.2 Å². The van der Waals surface area contributed by atoms with E-state index in [-0.39, 0.29) is 16.9 Å². The summed E-state index contributed by atoms with van der Waals surface area (Å²) in [5.74, 6) is 1.35. The van der Waals surface area contributed by atoms with Crippen molar-refractivity contribution in [3.05, 3.63) is 36.5 Å². The first kappa shape index (κ1) is 17.5. The molecule has 0 spiro atoms. The molecule has 2 aromatic rings. The van der Waals surface area contributed by atoms with Gasteiger partial charge in [0.25, 0.3) is 0 Å². The van der Waals surface area contributed by atoms with Gasteiger partial charge in [0.1, 0.15) is 17.6 Å². The Morgan fingerprint density at radius 3 is 2.60 bits per heavy atom. The molecular formula is C17H20N2O5S. The van der Waals surface area contributed by atoms with Gasteiger partial charge >= 0.3 is 0 Å². The maximum atomic E-state index is 11.5. The lowest BCUT2D eigenvalue weighted by atomic mass is 10.1. The summed E-state index contributed by atoms with van der Waals surface area (Å²) in [6.45, 7) is 1.36. The molecule has 3 rings (SSSR count). The van der Waals surface area contributed by atoms with Crippen LogP contribution < -0.4 is 15.2 Å². The zero-order valence-corrected chi connectivity index (χ0v) is 14.7. The Hall–Kier alpha value is -2.32. The highest BCUT2D eigenvalue weighted by molar-refractivity contribution is 7.90. The zero-order chi connectivity index (χ0) is 17.9. The second-order valence-electron chi connectivity index (χ2n) is 5.84. The van der Waals surface area contributed by atoms with Crippen LogP contribution in [0.4, 0.5) is 5.69 Å². The Balaban J connectivity index is 1.73. The molecule has 1 aromatic carbocycles. The van der Waals surface area contributed by atoms with Crippen molar-refractivity contribution < 1.29 is 22.6 Å². The third-order valence-electron chi connectivity index (χ3n) is 3.81. The Labute approximate surface area is 146 Å². The molecular weight excluding hydrogens is 344 g/mol. The van der Waals surface area contributed by atoms with E-state index in [2.05, 4.69) is 4.98 Å². The van der Waals surface area contributed by atoms with Crippen molar-refractivity contribution in [2.75, 3.05) is 25.2 Å². The van der Waals surface area contributed by atoms with Gasteiger partial charge in [0, 0.05) is 37.4 Å². The van der Waals surface area contributed by atoms with Crippen molar-refractivity contribution in [1.82, 2.24) is 4.98 Å². The van der Waals surface area contributed by atoms with E-state index in [1.807, 2.05) is 0 Å². The van der Waals surface area contributed by atoms with Crippen molar-refractivity contribution in [3.63, 3.8) is 0 Å². The van der Waals surface area contributed by atoms with Crippen LogP contribution in [-0.2, 0) is 14.6 Å². The summed E-state index contributed by atoms with van der Waals surface area (Å²) >= 11 is 0. The number of nitrogens with zero attached hydrogens (tertiary/aromatic N) is 1. The SMILES string of the molecule is CS(=O)(=O)c1ccc(Oc2ccc(N)c(OC3CCOCC3)c2)nc1. The van der Waals surface area contributed by atoms with Crippen molar-refractivity contribution in [3.8, 4) is 17.4 Å². The Bertz CT molecular complexity index is 831. The van der Waals surface area contributed by atoms with E-state index in [1.165, 1.54) is 18.3 Å². The predicted octanol–water partition coefficient (Wildman–Crippen LogP) is 2.42. The smallest absolute Gasteiger partial charge is 0.219 e. The second kappa shape index (κ2) is 7.28. The number of nitrogen functional groups attached to an aromatic ring is 1. The van der Waals surface area contributed by atoms with Crippen LogP contribution in [0.5, 0.6) is 17.4 Å². The van der Waals surface area contributed by atoms with Crippen LogP contribution in [0.2, 0.25) is 0 Å². The number of anilines is 1. The predicted molar refractivity (Wildman–Crippen MR) is 92.7 cm³/mol. The van der Waals surface area contributed by atoms with Gasteiger partial charge in [-0.1, -0.05) is 0 Å². The number of nitrogens with two attached hydrogens (primary N) is 1. The largest absolute Gasteiger partial charge is 0.488 e. The number of hydrogen-bond acceptors (Lipinski definition) is 7. The average Bonchev–Trinajstić information content (AvgIpc) is 2.58. The van der Waals surface area contributed by atoms with Crippen LogP contribution >= 0.6 is 0 Å². The quantitative estimate of drug-likeness (QED) is 0.813. The molecule has 0 bridgehead atoms. The topological polar surface area (TPSA) is 101 Å². The molecule has 134 valence electrons. The number of rotatable bonds is 5. The van der Waals surface area contributed by atoms with Gasteiger partial charge in [-0.2, -0.15) is 0 Å². The molecule has 1 aliphatic heterocycles. The Morgan fingerprint density at radius 1 is 1.20 bits per heavy atom. The molecule has 25 heavy (non-hydrogen) atoms. The molecule has 0 atom stereocenters. The van der Waals surface area contributed by atoms with Gasteiger partial charge in [0.2, 0.25) is 5.88 Å². The van der Waals surface area contributed by atoms with Crippen molar-refractivity contribution >= 4 is 15.5 Å². The molecule has 1 fully saturated rings. The minimum Gasteiger partial charge on any atom is -0.488 e. The van der Waals surface area contributed by atoms with Crippen molar-refractivity contribution in [2.24, 2.45) is 0 Å². The lowest BCUT2D eigenvalue weighted by molar-refractivity contribution is 0.0258. The maximum absolute atomic E-state index is 11.5. The van der Waals surface area contributed by atoms with Gasteiger partial charge in [-0.25, -0.2) is 13.4 Å². The normalized spacial score (nSPS) is 15.7. The van der Waals surface area contributed by atoms with Crippen LogP contribution in [0.3, 0.4) is 0 Å². The van der Waals surface area contributed by atoms with Gasteiger partial charge in [-0.05, 0) is 18.2 Å². The highest BCUT2D eigenvalue weighted by Crippen LogP contribution is 2.31. The summed E-state index contributed by atoms with van der Waals surface area (Å²) in [6, 6.07) is 8.07. The van der Waals surface area contributed by atoms with E-state index in [9.17, 15) is 8.42 Å². The summed E-state index contributed by atoms with van der Waals surface area (Å²) in [4.78, 5) is 4.16. The fraction of sp³-hybridized carbons (Fsp3) is 0.353. The van der Waals surface area contributed by atoms with Crippen LogP contribution in [0.25, 0.3) is 0 Å². The first-order valence-electron chi connectivity index (χ1n) is 7.90. The fourth-order valence-corrected chi connectivity index (χ4v) is 2.98. The van der Waals surface area contributed by atoms with Gasteiger partial charge in [-0.15, -0.1) is 0 Å². The van der Waals surface area contributed by atoms with Crippen LogP contribution in [0.1, 0.15) is 12.8 Å². The molecule has 0 unspecified atom stereocenters. The van der Waals surface area contributed by atoms with Crippen LogP contribution in [-0.4, -0.2) is 39.0 Å². The first-order valence-corrected chi connectivity index (χ1v) is 9.79. The molecule has 8 heteroatoms. The Kier molecular flexibility index (Phi) is 5.10. The summed E-state index contributed by atoms with van der Waals surface area (Å²) in [7, 11) is -3.29. The van der Waals surface area contributed by atoms with Crippen molar-refractivity contribution in [2.45, 2.75) is 23.8 Å². The summed E-state index contributed by atoms with van der Waals surface area (Å²) < 4.78 is 39.8. The first-order chi connectivity index (χ1) is 11.9. The number of hydrogen-bond donors (Lipinski definition) is 1. The highest BCUT2D eigenvalue weighted by atomic mass is 32.2. The molecule has 0 saturated carbocycles. The van der Waals surface area contributed by atoms with Gasteiger partial charge in [0.05, 0.1) is 23.8 Å². The second-order valence-corrected chi connectivity index (χ2v) is 7.85. The zero-order valence-electron chi connectivity index (χ0n) is 13.8. The third-order valence-corrected chi connectivity index (χ3v) is 4.90. The lowest BCUT2D eigenvalue weighted by Gasteiger charge is -2.24. The standard InChI is InChI=1S/C17H20N2O5S/c1-25(20,21)14-3-5-17(19-11-14)24-13-2-4-15(18)16(10-13)23-12-6-8-22-9-7-12/h2-5,10-12H,6-9,18H2,1H3. The van der Waals surface area contributed by atoms with E-state index in [0.717, 1.165) is 19.1 Å². The van der Waals surface area contributed by atoms with Gasteiger partial charge in [-0.3, -0.25) is 0 Å². The minimum absolute atomic E-state index is 0.0680. The van der Waals surface area contributed by atoms with E-state index < -0.39 is 9.84 Å². The Morgan fingerprint density at radius 2 is 1.96 bits per heavy atom. The monoisotopic (exact) mass is 364 g/mol. The molecule has 7 nitrogen and oxygen atoms in total. The number of sulfone groups is 1. The molecule has 1 aliphatic rings. The summed E-state index contributed by atoms with van der Waals surface area (Å²) in [6.07, 6.45) is 4.10. The molecule has 2 N–H and O–H groups in total. The van der Waals surface area contributed by atoms with Crippen LogP contribution in [0.15, 0.2) is 41.4 Å². The maximum Gasteiger partial charge on any atom is 0.219 e. The van der Waals surface area contributed by atoms with E-state index >= 15 is 0 Å². The van der Waals surface area contributed by atoms with Crippen molar-refractivity contribution in [1.29, 1.82) is 0 Å². The number of ether oxygens (including phenoxy) is 3. The molecule has 1 saturated heterocycles. The summed E-state index contributed by atoms with van der Waals surface area (Å²) in [5, 5.41) is 0. The number of pyridine rings is 1. The number of aromatic nitrogens is 1. The summed E-state index contributed by atoms with van der Waals surface area (Å²) in [5.41, 5.74) is 6.50. The molecule has 1 aromatic heterocycles. The molecule has 0 amide bonds. The molecule has 0 radical (unpaired) electrons.